The van der Waals surface area contributed by atoms with Crippen molar-refractivity contribution in [3.8, 4) is 0 Å². The van der Waals surface area contributed by atoms with Gasteiger partial charge in [-0.15, -0.1) is 0 Å². The molecule has 6 heteroatoms. The highest BCUT2D eigenvalue weighted by Gasteiger charge is 2.10. The van der Waals surface area contributed by atoms with Gasteiger partial charge in [-0.2, -0.15) is 0 Å². The minimum absolute atomic E-state index is 0.0631. The van der Waals surface area contributed by atoms with Gasteiger partial charge in [-0.1, -0.05) is 12.1 Å². The molecule has 0 radical (unpaired) electrons. The van der Waals surface area contributed by atoms with E-state index in [0.717, 1.165) is 5.56 Å². The third-order valence-electron chi connectivity index (χ3n) is 2.82. The van der Waals surface area contributed by atoms with Gasteiger partial charge in [-0.05, 0) is 31.5 Å². The molecule has 0 aromatic heterocycles. The maximum Gasteiger partial charge on any atom is 0.315 e. The minimum Gasteiger partial charge on any atom is -0.337 e. The lowest BCUT2D eigenvalue weighted by Gasteiger charge is -2.21. The van der Waals surface area contributed by atoms with Crippen LogP contribution in [-0.2, 0) is 11.3 Å². The smallest absolute Gasteiger partial charge is 0.315 e. The fraction of sp³-hybridized carbons (Fsp3) is 0.467. The van der Waals surface area contributed by atoms with Gasteiger partial charge in [-0.3, -0.25) is 4.79 Å². The van der Waals surface area contributed by atoms with E-state index in [0.29, 0.717) is 19.6 Å². The number of urea groups is 1. The largest absolute Gasteiger partial charge is 0.337 e. The maximum absolute atomic E-state index is 12.8. The van der Waals surface area contributed by atoms with E-state index in [1.54, 1.807) is 17.0 Å². The molecular weight excluding hydrogens is 273 g/mol. The zero-order chi connectivity index (χ0) is 15.8. The fourth-order valence-corrected chi connectivity index (χ4v) is 1.78. The first kappa shape index (κ1) is 16.9. The number of benzene rings is 1. The summed E-state index contributed by atoms with van der Waals surface area (Å²) in [5.74, 6) is -0.398. The number of rotatable bonds is 6. The van der Waals surface area contributed by atoms with Crippen molar-refractivity contribution in [2.45, 2.75) is 33.4 Å². The molecule has 3 amide bonds. The molecule has 0 atom stereocenters. The zero-order valence-corrected chi connectivity index (χ0v) is 12.6. The predicted molar refractivity (Wildman–Crippen MR) is 79.2 cm³/mol. The molecule has 116 valence electrons. The Bertz CT molecular complexity index is 474. The third-order valence-corrected chi connectivity index (χ3v) is 2.82. The van der Waals surface area contributed by atoms with Crippen molar-refractivity contribution in [1.82, 2.24) is 15.5 Å². The molecular formula is C15H22FN3O2. The van der Waals surface area contributed by atoms with E-state index in [1.165, 1.54) is 19.1 Å². The number of carbonyl (C=O) groups is 2. The molecule has 21 heavy (non-hydrogen) atoms. The average Bonchev–Trinajstić information content (AvgIpc) is 2.39. The minimum atomic E-state index is -0.305. The standard InChI is InChI=1S/C15H22FN3O2/c1-11(2)18-15(21)17-8-9-19(12(3)20)10-13-4-6-14(16)7-5-13/h4-7,11H,8-10H2,1-3H3,(H2,17,18,21). The molecule has 0 saturated carbocycles. The molecule has 0 aliphatic rings. The molecule has 0 spiro atoms. The zero-order valence-electron chi connectivity index (χ0n) is 12.6. The second-order valence-electron chi connectivity index (χ2n) is 5.12. The van der Waals surface area contributed by atoms with Crippen molar-refractivity contribution in [3.05, 3.63) is 35.6 Å². The van der Waals surface area contributed by atoms with Gasteiger partial charge in [0.05, 0.1) is 0 Å². The molecule has 0 aliphatic heterocycles. The summed E-state index contributed by atoms with van der Waals surface area (Å²) in [7, 11) is 0. The Kier molecular flexibility index (Phi) is 6.65. The summed E-state index contributed by atoms with van der Waals surface area (Å²) >= 11 is 0. The van der Waals surface area contributed by atoms with Crippen LogP contribution >= 0.6 is 0 Å². The van der Waals surface area contributed by atoms with Crippen LogP contribution in [0, 0.1) is 5.82 Å². The van der Waals surface area contributed by atoms with Crippen LogP contribution in [0.4, 0.5) is 9.18 Å². The van der Waals surface area contributed by atoms with E-state index >= 15 is 0 Å². The summed E-state index contributed by atoms with van der Waals surface area (Å²) in [4.78, 5) is 24.6. The average molecular weight is 295 g/mol. The second-order valence-corrected chi connectivity index (χ2v) is 5.12. The number of hydrogen-bond donors (Lipinski definition) is 2. The van der Waals surface area contributed by atoms with Gasteiger partial charge in [0.1, 0.15) is 5.82 Å². The Labute approximate surface area is 124 Å². The van der Waals surface area contributed by atoms with E-state index in [2.05, 4.69) is 10.6 Å². The monoisotopic (exact) mass is 295 g/mol. The Hall–Kier alpha value is -2.11. The summed E-state index contributed by atoms with van der Waals surface area (Å²) in [6, 6.07) is 5.82. The lowest BCUT2D eigenvalue weighted by molar-refractivity contribution is -0.129. The first-order valence-corrected chi connectivity index (χ1v) is 6.93. The van der Waals surface area contributed by atoms with Gasteiger partial charge in [-0.25, -0.2) is 9.18 Å². The number of nitrogens with one attached hydrogen (secondary N) is 2. The number of carbonyl (C=O) groups excluding carboxylic acids is 2. The maximum atomic E-state index is 12.8. The van der Waals surface area contributed by atoms with Crippen LogP contribution in [0.5, 0.6) is 0 Å². The first-order chi connectivity index (χ1) is 9.88. The van der Waals surface area contributed by atoms with Gasteiger partial charge < -0.3 is 15.5 Å². The van der Waals surface area contributed by atoms with Gasteiger partial charge in [0, 0.05) is 32.6 Å². The van der Waals surface area contributed by atoms with Crippen molar-refractivity contribution in [1.29, 1.82) is 0 Å². The molecule has 0 bridgehead atoms. The molecule has 0 aliphatic carbocycles. The van der Waals surface area contributed by atoms with Gasteiger partial charge >= 0.3 is 6.03 Å². The molecule has 0 saturated heterocycles. The van der Waals surface area contributed by atoms with E-state index in [4.69, 9.17) is 0 Å². The number of amides is 3. The van der Waals surface area contributed by atoms with Crippen molar-refractivity contribution < 1.29 is 14.0 Å². The molecule has 2 N–H and O–H groups in total. The molecule has 1 rings (SSSR count). The van der Waals surface area contributed by atoms with Crippen molar-refractivity contribution in [2.24, 2.45) is 0 Å². The van der Waals surface area contributed by atoms with Crippen LogP contribution in [0.3, 0.4) is 0 Å². The number of halogens is 1. The van der Waals surface area contributed by atoms with Crippen molar-refractivity contribution in [3.63, 3.8) is 0 Å². The van der Waals surface area contributed by atoms with Crippen LogP contribution in [0.15, 0.2) is 24.3 Å². The summed E-state index contributed by atoms with van der Waals surface area (Å²) in [5.41, 5.74) is 0.846. The lowest BCUT2D eigenvalue weighted by atomic mass is 10.2. The summed E-state index contributed by atoms with van der Waals surface area (Å²) < 4.78 is 12.8. The number of hydrogen-bond acceptors (Lipinski definition) is 2. The summed E-state index contributed by atoms with van der Waals surface area (Å²) in [6.07, 6.45) is 0. The highest BCUT2D eigenvalue weighted by atomic mass is 19.1. The predicted octanol–water partition coefficient (Wildman–Crippen LogP) is 1.88. The molecule has 1 aromatic rings. The van der Waals surface area contributed by atoms with Crippen molar-refractivity contribution in [2.75, 3.05) is 13.1 Å². The lowest BCUT2D eigenvalue weighted by Crippen LogP contribution is -2.43. The highest BCUT2D eigenvalue weighted by Crippen LogP contribution is 2.06. The molecule has 0 heterocycles. The van der Waals surface area contributed by atoms with E-state index in [9.17, 15) is 14.0 Å². The third kappa shape index (κ3) is 6.74. The van der Waals surface area contributed by atoms with Crippen LogP contribution < -0.4 is 10.6 Å². The highest BCUT2D eigenvalue weighted by molar-refractivity contribution is 5.75. The topological polar surface area (TPSA) is 61.4 Å². The van der Waals surface area contributed by atoms with Crippen molar-refractivity contribution >= 4 is 11.9 Å². The van der Waals surface area contributed by atoms with E-state index in [-0.39, 0.29) is 23.8 Å². The van der Waals surface area contributed by atoms with Crippen LogP contribution in [-0.4, -0.2) is 36.0 Å². The summed E-state index contributed by atoms with van der Waals surface area (Å²) in [6.45, 7) is 6.37. The molecule has 0 unspecified atom stereocenters. The van der Waals surface area contributed by atoms with Gasteiger partial charge in [0.25, 0.3) is 0 Å². The fourth-order valence-electron chi connectivity index (χ4n) is 1.78. The Morgan fingerprint density at radius 2 is 1.86 bits per heavy atom. The summed E-state index contributed by atoms with van der Waals surface area (Å²) in [5, 5.41) is 5.40. The Morgan fingerprint density at radius 1 is 1.24 bits per heavy atom. The van der Waals surface area contributed by atoms with E-state index in [1.807, 2.05) is 13.8 Å². The Morgan fingerprint density at radius 3 is 2.38 bits per heavy atom. The van der Waals surface area contributed by atoms with E-state index < -0.39 is 0 Å². The van der Waals surface area contributed by atoms with Crippen LogP contribution in [0.25, 0.3) is 0 Å². The van der Waals surface area contributed by atoms with Crippen LogP contribution in [0.2, 0.25) is 0 Å². The van der Waals surface area contributed by atoms with Crippen LogP contribution in [0.1, 0.15) is 26.3 Å². The van der Waals surface area contributed by atoms with Gasteiger partial charge in [0.15, 0.2) is 0 Å². The Balaban J connectivity index is 2.45. The number of nitrogens with zero attached hydrogens (tertiary/aromatic N) is 1. The first-order valence-electron chi connectivity index (χ1n) is 6.93. The normalized spacial score (nSPS) is 10.3. The molecule has 1 aromatic carbocycles. The quantitative estimate of drug-likeness (QED) is 0.842. The molecule has 0 fully saturated rings. The molecule has 5 nitrogen and oxygen atoms in total. The second kappa shape index (κ2) is 8.24. The van der Waals surface area contributed by atoms with Gasteiger partial charge in [0.2, 0.25) is 5.91 Å². The SMILES string of the molecule is CC(=O)N(CCNC(=O)NC(C)C)Cc1ccc(F)cc1.